The molecule has 0 radical (unpaired) electrons. The molecule has 0 unspecified atom stereocenters. The number of hydroxylamine groups is 1. The van der Waals surface area contributed by atoms with E-state index in [2.05, 4.69) is 42.2 Å². The summed E-state index contributed by atoms with van der Waals surface area (Å²) >= 11 is 7.01. The zero-order valence-corrected chi connectivity index (χ0v) is 11.9. The molecule has 86 valence electrons. The van der Waals surface area contributed by atoms with Crippen molar-refractivity contribution in [3.8, 4) is 0 Å². The van der Waals surface area contributed by atoms with Gasteiger partial charge in [0.2, 0.25) is 0 Å². The summed E-state index contributed by atoms with van der Waals surface area (Å²) in [5.74, 6) is -0.232. The molecule has 1 aromatic carbocycles. The van der Waals surface area contributed by atoms with Crippen LogP contribution in [0.25, 0.3) is 0 Å². The van der Waals surface area contributed by atoms with Crippen molar-refractivity contribution in [1.29, 1.82) is 0 Å². The van der Waals surface area contributed by atoms with Crippen molar-refractivity contribution in [3.63, 3.8) is 0 Å². The Balaban J connectivity index is 2.48. The Morgan fingerprint density at radius 3 is 2.75 bits per heavy atom. The lowest BCUT2D eigenvalue weighted by Gasteiger charge is -2.11. The van der Waals surface area contributed by atoms with Gasteiger partial charge in [-0.25, -0.2) is 5.48 Å². The smallest absolute Gasteiger partial charge is 0.276 e. The summed E-state index contributed by atoms with van der Waals surface area (Å²) in [5.41, 5.74) is 5.48. The minimum absolute atomic E-state index is 0.232. The normalized spacial score (nSPS) is 13.7. The molecule has 1 N–H and O–H groups in total. The Morgan fingerprint density at radius 2 is 2.06 bits per heavy atom. The Kier molecular flexibility index (Phi) is 3.66. The van der Waals surface area contributed by atoms with Gasteiger partial charge in [0.25, 0.3) is 5.91 Å². The van der Waals surface area contributed by atoms with E-state index in [1.165, 1.54) is 18.2 Å². The standard InChI is InChI=1S/C11H11Br2NO2/c1-16-14-11(15)8-5-9(12)6-3-2-4-7(6)10(8)13/h5H,2-4H2,1H3,(H,14,15). The zero-order chi connectivity index (χ0) is 11.7. The van der Waals surface area contributed by atoms with E-state index in [0.717, 1.165) is 28.2 Å². The highest BCUT2D eigenvalue weighted by Gasteiger charge is 2.22. The van der Waals surface area contributed by atoms with Gasteiger partial charge in [0.15, 0.2) is 0 Å². The molecule has 0 aromatic heterocycles. The number of halogens is 2. The third-order valence-corrected chi connectivity index (χ3v) is 4.33. The van der Waals surface area contributed by atoms with Gasteiger partial charge >= 0.3 is 0 Å². The quantitative estimate of drug-likeness (QED) is 0.834. The number of hydrogen-bond acceptors (Lipinski definition) is 2. The monoisotopic (exact) mass is 347 g/mol. The minimum atomic E-state index is -0.232. The predicted molar refractivity (Wildman–Crippen MR) is 68.3 cm³/mol. The van der Waals surface area contributed by atoms with Gasteiger partial charge in [0.05, 0.1) is 12.7 Å². The van der Waals surface area contributed by atoms with Crippen molar-refractivity contribution in [2.75, 3.05) is 7.11 Å². The third-order valence-electron chi connectivity index (χ3n) is 2.72. The molecule has 0 spiro atoms. The first-order chi connectivity index (χ1) is 7.65. The number of benzene rings is 1. The Morgan fingerprint density at radius 1 is 1.38 bits per heavy atom. The molecule has 0 saturated carbocycles. The van der Waals surface area contributed by atoms with E-state index in [1.807, 2.05) is 6.07 Å². The van der Waals surface area contributed by atoms with Crippen molar-refractivity contribution in [2.24, 2.45) is 0 Å². The molecule has 0 heterocycles. The highest BCUT2D eigenvalue weighted by atomic mass is 79.9. The van der Waals surface area contributed by atoms with Crippen LogP contribution in [0.4, 0.5) is 0 Å². The van der Waals surface area contributed by atoms with Crippen LogP contribution in [0.1, 0.15) is 27.9 Å². The first-order valence-corrected chi connectivity index (χ1v) is 6.56. The molecular weight excluding hydrogens is 338 g/mol. The van der Waals surface area contributed by atoms with Gasteiger partial charge in [-0.1, -0.05) is 15.9 Å². The average Bonchev–Trinajstić information content (AvgIpc) is 2.73. The zero-order valence-electron chi connectivity index (χ0n) is 8.77. The molecule has 1 amide bonds. The van der Waals surface area contributed by atoms with Crippen LogP contribution in [0, 0.1) is 0 Å². The van der Waals surface area contributed by atoms with Crippen molar-refractivity contribution in [3.05, 3.63) is 31.7 Å². The van der Waals surface area contributed by atoms with E-state index in [4.69, 9.17) is 0 Å². The van der Waals surface area contributed by atoms with Crippen LogP contribution < -0.4 is 5.48 Å². The second kappa shape index (κ2) is 4.85. The van der Waals surface area contributed by atoms with Crippen molar-refractivity contribution < 1.29 is 9.63 Å². The minimum Gasteiger partial charge on any atom is -0.277 e. The lowest BCUT2D eigenvalue weighted by molar-refractivity contribution is 0.0536. The topological polar surface area (TPSA) is 38.3 Å². The maximum Gasteiger partial charge on any atom is 0.276 e. The molecule has 16 heavy (non-hydrogen) atoms. The second-order valence-corrected chi connectivity index (χ2v) is 5.31. The molecule has 1 aliphatic carbocycles. The van der Waals surface area contributed by atoms with E-state index in [0.29, 0.717) is 5.56 Å². The van der Waals surface area contributed by atoms with Gasteiger partial charge in [-0.3, -0.25) is 9.63 Å². The highest BCUT2D eigenvalue weighted by molar-refractivity contribution is 9.11. The summed E-state index contributed by atoms with van der Waals surface area (Å²) in [6.07, 6.45) is 3.23. The molecule has 0 aliphatic heterocycles. The lowest BCUT2D eigenvalue weighted by Crippen LogP contribution is -2.22. The summed E-state index contributed by atoms with van der Waals surface area (Å²) in [6.45, 7) is 0. The van der Waals surface area contributed by atoms with Crippen LogP contribution in [0.2, 0.25) is 0 Å². The summed E-state index contributed by atoms with van der Waals surface area (Å²) in [6, 6.07) is 1.84. The molecule has 5 heteroatoms. The largest absolute Gasteiger partial charge is 0.277 e. The molecule has 0 saturated heterocycles. The molecule has 0 atom stereocenters. The van der Waals surface area contributed by atoms with Gasteiger partial charge in [-0.05, 0) is 52.4 Å². The first-order valence-electron chi connectivity index (χ1n) is 4.98. The molecule has 0 bridgehead atoms. The van der Waals surface area contributed by atoms with E-state index in [-0.39, 0.29) is 5.91 Å². The molecule has 1 aliphatic rings. The third kappa shape index (κ3) is 2.04. The summed E-state index contributed by atoms with van der Waals surface area (Å²) in [4.78, 5) is 16.4. The predicted octanol–water partition coefficient (Wildman–Crippen LogP) is 2.99. The molecule has 2 rings (SSSR count). The maximum atomic E-state index is 11.7. The lowest BCUT2D eigenvalue weighted by atomic mass is 10.1. The average molecular weight is 349 g/mol. The van der Waals surface area contributed by atoms with Crippen LogP contribution in [0.3, 0.4) is 0 Å². The van der Waals surface area contributed by atoms with Gasteiger partial charge < -0.3 is 0 Å². The Labute approximate surface area is 111 Å². The number of carbonyl (C=O) groups excluding carboxylic acids is 1. The molecule has 0 fully saturated rings. The number of carbonyl (C=O) groups is 1. The number of fused-ring (bicyclic) bond motifs is 1. The summed E-state index contributed by atoms with van der Waals surface area (Å²) in [7, 11) is 1.42. The van der Waals surface area contributed by atoms with E-state index in [9.17, 15) is 4.79 Å². The van der Waals surface area contributed by atoms with Gasteiger partial charge in [0, 0.05) is 8.95 Å². The number of nitrogens with one attached hydrogen (secondary N) is 1. The van der Waals surface area contributed by atoms with Crippen molar-refractivity contribution in [1.82, 2.24) is 5.48 Å². The van der Waals surface area contributed by atoms with E-state index in [1.54, 1.807) is 0 Å². The van der Waals surface area contributed by atoms with Gasteiger partial charge in [-0.15, -0.1) is 0 Å². The summed E-state index contributed by atoms with van der Waals surface area (Å²) < 4.78 is 1.89. The van der Waals surface area contributed by atoms with Crippen LogP contribution in [-0.2, 0) is 17.7 Å². The van der Waals surface area contributed by atoms with Crippen molar-refractivity contribution >= 4 is 37.8 Å². The number of rotatable bonds is 2. The molecule has 3 nitrogen and oxygen atoms in total. The fourth-order valence-corrected chi connectivity index (χ4v) is 3.40. The van der Waals surface area contributed by atoms with Gasteiger partial charge in [0.1, 0.15) is 0 Å². The summed E-state index contributed by atoms with van der Waals surface area (Å²) in [5, 5.41) is 0. The van der Waals surface area contributed by atoms with Crippen molar-refractivity contribution in [2.45, 2.75) is 19.3 Å². The second-order valence-electron chi connectivity index (χ2n) is 3.67. The number of amides is 1. The molecule has 1 aromatic rings. The Bertz CT molecular complexity index is 446. The maximum absolute atomic E-state index is 11.7. The SMILES string of the molecule is CONC(=O)c1cc(Br)c2c(c1Br)CCC2. The number of hydrogen-bond donors (Lipinski definition) is 1. The van der Waals surface area contributed by atoms with Crippen LogP contribution >= 0.6 is 31.9 Å². The van der Waals surface area contributed by atoms with Crippen LogP contribution in [0.15, 0.2) is 15.0 Å². The van der Waals surface area contributed by atoms with E-state index < -0.39 is 0 Å². The van der Waals surface area contributed by atoms with E-state index >= 15 is 0 Å². The van der Waals surface area contributed by atoms with Gasteiger partial charge in [-0.2, -0.15) is 0 Å². The molecular formula is C11H11Br2NO2. The first kappa shape index (κ1) is 12.1. The fraction of sp³-hybridized carbons (Fsp3) is 0.364. The Hall–Kier alpha value is -0.390. The fourth-order valence-electron chi connectivity index (χ4n) is 2.00. The van der Waals surface area contributed by atoms with Crippen LogP contribution in [-0.4, -0.2) is 13.0 Å². The highest BCUT2D eigenvalue weighted by Crippen LogP contribution is 2.37. The van der Waals surface area contributed by atoms with Crippen LogP contribution in [0.5, 0.6) is 0 Å².